The molecule has 0 bridgehead atoms. The molecule has 14 heavy (non-hydrogen) atoms. The van der Waals surface area contributed by atoms with Crippen molar-refractivity contribution in [3.05, 3.63) is 12.3 Å². The van der Waals surface area contributed by atoms with Gasteiger partial charge in [0.25, 0.3) is 0 Å². The highest BCUT2D eigenvalue weighted by Gasteiger charge is 2.28. The molecule has 0 amide bonds. The zero-order valence-corrected chi connectivity index (χ0v) is 9.56. The summed E-state index contributed by atoms with van der Waals surface area (Å²) in [6, 6.07) is 0.564. The van der Waals surface area contributed by atoms with E-state index in [0.717, 1.165) is 12.8 Å². The van der Waals surface area contributed by atoms with Crippen LogP contribution < -0.4 is 0 Å². The predicted molar refractivity (Wildman–Crippen MR) is 56.9 cm³/mol. The van der Waals surface area contributed by atoms with Crippen LogP contribution in [0, 0.1) is 0 Å². The van der Waals surface area contributed by atoms with E-state index >= 15 is 0 Å². The van der Waals surface area contributed by atoms with Crippen molar-refractivity contribution < 1.29 is 9.47 Å². The summed E-state index contributed by atoms with van der Waals surface area (Å²) in [5, 5.41) is 0. The maximum absolute atomic E-state index is 5.67. The lowest BCUT2D eigenvalue weighted by molar-refractivity contribution is -0.176. The number of hydrogen-bond donors (Lipinski definition) is 0. The Kier molecular flexibility index (Phi) is 4.42. The third-order valence-electron chi connectivity index (χ3n) is 2.55. The van der Waals surface area contributed by atoms with Gasteiger partial charge in [-0.05, 0) is 34.4 Å². The smallest absolute Gasteiger partial charge is 0.200 e. The van der Waals surface area contributed by atoms with Crippen LogP contribution in [0.1, 0.15) is 26.7 Å². The van der Waals surface area contributed by atoms with E-state index in [1.54, 1.807) is 6.26 Å². The van der Waals surface area contributed by atoms with Gasteiger partial charge in [0.05, 0.1) is 12.4 Å². The summed E-state index contributed by atoms with van der Waals surface area (Å²) in [5.41, 5.74) is 0. The van der Waals surface area contributed by atoms with Crippen LogP contribution in [0.4, 0.5) is 0 Å². The first kappa shape index (κ1) is 11.5. The summed E-state index contributed by atoms with van der Waals surface area (Å²) >= 11 is 0. The zero-order chi connectivity index (χ0) is 10.6. The van der Waals surface area contributed by atoms with E-state index in [2.05, 4.69) is 25.9 Å². The highest BCUT2D eigenvalue weighted by Crippen LogP contribution is 2.23. The van der Waals surface area contributed by atoms with Gasteiger partial charge in [-0.15, -0.1) is 0 Å². The van der Waals surface area contributed by atoms with E-state index in [0.29, 0.717) is 6.04 Å². The molecule has 0 aromatic heterocycles. The Morgan fingerprint density at radius 2 is 2.07 bits per heavy atom. The van der Waals surface area contributed by atoms with E-state index < -0.39 is 0 Å². The lowest BCUT2D eigenvalue weighted by atomic mass is 10.0. The minimum Gasteiger partial charge on any atom is -0.473 e. The Balaban J connectivity index is 2.45. The topological polar surface area (TPSA) is 21.7 Å². The van der Waals surface area contributed by atoms with Crippen LogP contribution in [0.15, 0.2) is 12.3 Å². The van der Waals surface area contributed by atoms with Gasteiger partial charge >= 0.3 is 0 Å². The van der Waals surface area contributed by atoms with E-state index in [-0.39, 0.29) is 12.4 Å². The molecule has 1 heterocycles. The van der Waals surface area contributed by atoms with Gasteiger partial charge in [-0.1, -0.05) is 6.08 Å². The lowest BCUT2D eigenvalue weighted by Crippen LogP contribution is -2.42. The molecule has 0 spiro atoms. The minimum absolute atomic E-state index is 0.0812. The molecule has 1 aliphatic heterocycles. The number of rotatable bonds is 3. The molecule has 0 saturated carbocycles. The largest absolute Gasteiger partial charge is 0.473 e. The Hall–Kier alpha value is -0.540. The number of allylic oxidation sites excluding steroid dienone is 1. The third kappa shape index (κ3) is 3.31. The predicted octanol–water partition coefficient (Wildman–Crippen LogP) is 1.99. The molecule has 82 valence electrons. The van der Waals surface area contributed by atoms with E-state index in [9.17, 15) is 0 Å². The Morgan fingerprint density at radius 3 is 2.64 bits per heavy atom. The van der Waals surface area contributed by atoms with Crippen molar-refractivity contribution in [3.8, 4) is 0 Å². The number of nitrogens with zero attached hydrogens (tertiary/aromatic N) is 1. The molecule has 1 saturated heterocycles. The second kappa shape index (κ2) is 5.37. The molecule has 0 aliphatic carbocycles. The van der Waals surface area contributed by atoms with Crippen molar-refractivity contribution >= 4 is 0 Å². The average Bonchev–Trinajstić information content (AvgIpc) is 2.14. The monoisotopic (exact) mass is 199 g/mol. The quantitative estimate of drug-likeness (QED) is 0.649. The molecule has 0 unspecified atom stereocenters. The average molecular weight is 199 g/mol. The summed E-state index contributed by atoms with van der Waals surface area (Å²) in [6.07, 6.45) is 5.82. The Morgan fingerprint density at radius 1 is 1.36 bits per heavy atom. The summed E-state index contributed by atoms with van der Waals surface area (Å²) in [7, 11) is 4.21. The first-order valence-electron chi connectivity index (χ1n) is 5.22. The highest BCUT2D eigenvalue weighted by molar-refractivity contribution is 4.78. The first-order chi connectivity index (χ1) is 6.63. The number of hydrogen-bond acceptors (Lipinski definition) is 3. The van der Waals surface area contributed by atoms with Gasteiger partial charge in [0.1, 0.15) is 0 Å². The molecule has 3 nitrogen and oxygen atoms in total. The molecular formula is C11H21NO2. The van der Waals surface area contributed by atoms with Crippen LogP contribution in [0.5, 0.6) is 0 Å². The van der Waals surface area contributed by atoms with Crippen molar-refractivity contribution in [2.24, 2.45) is 0 Å². The third-order valence-corrected chi connectivity index (χ3v) is 2.55. The van der Waals surface area contributed by atoms with Crippen LogP contribution in [-0.2, 0) is 9.47 Å². The maximum atomic E-state index is 5.67. The molecule has 0 N–H and O–H groups in total. The normalized spacial score (nSPS) is 33.9. The van der Waals surface area contributed by atoms with Crippen molar-refractivity contribution in [1.29, 1.82) is 0 Å². The molecule has 0 aromatic rings. The van der Waals surface area contributed by atoms with Gasteiger partial charge in [-0.3, -0.25) is 0 Å². The van der Waals surface area contributed by atoms with Crippen LogP contribution in [-0.4, -0.2) is 37.4 Å². The van der Waals surface area contributed by atoms with Gasteiger partial charge in [0, 0.05) is 12.5 Å². The standard InChI is InChI=1S/C11H21NO2/c1-5-6-13-11-8-10(12(3)4)7-9(2)14-11/h5-6,9-11H,7-8H2,1-4H3/b6-5+/t9-,10+,11-/m1/s1. The lowest BCUT2D eigenvalue weighted by Gasteiger charge is -2.36. The fraction of sp³-hybridized carbons (Fsp3) is 0.818. The van der Waals surface area contributed by atoms with Gasteiger partial charge in [-0.25, -0.2) is 0 Å². The summed E-state index contributed by atoms with van der Waals surface area (Å²) < 4.78 is 11.1. The first-order valence-corrected chi connectivity index (χ1v) is 5.22. The van der Waals surface area contributed by atoms with Crippen LogP contribution in [0.2, 0.25) is 0 Å². The summed E-state index contributed by atoms with van der Waals surface area (Å²) in [6.45, 7) is 4.04. The molecule has 1 aliphatic rings. The van der Waals surface area contributed by atoms with Gasteiger partial charge in [-0.2, -0.15) is 0 Å². The number of ether oxygens (including phenoxy) is 2. The van der Waals surface area contributed by atoms with Crippen LogP contribution >= 0.6 is 0 Å². The van der Waals surface area contributed by atoms with Crippen molar-refractivity contribution in [2.45, 2.75) is 45.1 Å². The van der Waals surface area contributed by atoms with Crippen LogP contribution in [0.3, 0.4) is 0 Å². The SMILES string of the molecule is C/C=C/O[C@H]1C[C@@H](N(C)C)C[C@@H](C)O1. The van der Waals surface area contributed by atoms with E-state index in [1.165, 1.54) is 0 Å². The Labute approximate surface area is 86.7 Å². The summed E-state index contributed by atoms with van der Waals surface area (Å²) in [4.78, 5) is 2.24. The van der Waals surface area contributed by atoms with Crippen molar-refractivity contribution in [3.63, 3.8) is 0 Å². The van der Waals surface area contributed by atoms with Gasteiger partial charge in [0.2, 0.25) is 6.29 Å². The second-order valence-electron chi connectivity index (χ2n) is 4.07. The summed E-state index contributed by atoms with van der Waals surface area (Å²) in [5.74, 6) is 0. The van der Waals surface area contributed by atoms with Crippen molar-refractivity contribution in [1.82, 2.24) is 4.90 Å². The second-order valence-corrected chi connectivity index (χ2v) is 4.07. The highest BCUT2D eigenvalue weighted by atomic mass is 16.7. The molecule has 0 aromatic carbocycles. The van der Waals surface area contributed by atoms with Gasteiger partial charge in [0.15, 0.2) is 0 Å². The van der Waals surface area contributed by atoms with E-state index in [4.69, 9.17) is 9.47 Å². The molecule has 0 radical (unpaired) electrons. The van der Waals surface area contributed by atoms with Crippen molar-refractivity contribution in [2.75, 3.05) is 14.1 Å². The molecule has 3 heteroatoms. The van der Waals surface area contributed by atoms with Gasteiger partial charge < -0.3 is 14.4 Å². The van der Waals surface area contributed by atoms with E-state index in [1.807, 2.05) is 13.0 Å². The fourth-order valence-electron chi connectivity index (χ4n) is 1.75. The van der Waals surface area contributed by atoms with Crippen LogP contribution in [0.25, 0.3) is 0 Å². The maximum Gasteiger partial charge on any atom is 0.200 e. The Bertz CT molecular complexity index is 192. The molecule has 3 atom stereocenters. The molecular weight excluding hydrogens is 178 g/mol. The fourth-order valence-corrected chi connectivity index (χ4v) is 1.75. The zero-order valence-electron chi connectivity index (χ0n) is 9.56. The molecule has 1 rings (SSSR count). The molecule has 1 fully saturated rings. The minimum atomic E-state index is -0.0812.